The van der Waals surface area contributed by atoms with Crippen molar-refractivity contribution >= 4 is 17.3 Å². The van der Waals surface area contributed by atoms with Crippen molar-refractivity contribution in [3.05, 3.63) is 81.5 Å². The molecule has 0 aliphatic heterocycles. The van der Waals surface area contributed by atoms with E-state index in [9.17, 15) is 4.79 Å². The number of nitrogens with one attached hydrogen (secondary N) is 1. The molecule has 9 heteroatoms. The van der Waals surface area contributed by atoms with Crippen molar-refractivity contribution in [2.45, 2.75) is 44.6 Å². The first kappa shape index (κ1) is 21.5. The Morgan fingerprint density at radius 1 is 0.970 bits per heavy atom. The Balaban J connectivity index is 1.61. The van der Waals surface area contributed by atoms with Gasteiger partial charge in [-0.2, -0.15) is 4.68 Å². The van der Waals surface area contributed by atoms with E-state index in [2.05, 4.69) is 20.8 Å². The van der Waals surface area contributed by atoms with Crippen LogP contribution >= 0.6 is 11.6 Å². The zero-order chi connectivity index (χ0) is 23.0. The van der Waals surface area contributed by atoms with Crippen LogP contribution in [0.5, 0.6) is 0 Å². The van der Waals surface area contributed by atoms with E-state index < -0.39 is 5.54 Å². The van der Waals surface area contributed by atoms with Crippen molar-refractivity contribution in [2.75, 3.05) is 5.32 Å². The monoisotopic (exact) mass is 463 g/mol. The van der Waals surface area contributed by atoms with E-state index in [0.717, 1.165) is 49.2 Å². The molecule has 2 heterocycles. The first-order valence-corrected chi connectivity index (χ1v) is 11.5. The molecule has 0 bridgehead atoms. The quantitative estimate of drug-likeness (QED) is 0.474. The summed E-state index contributed by atoms with van der Waals surface area (Å²) in [7, 11) is 1.90. The molecule has 0 atom stereocenters. The van der Waals surface area contributed by atoms with Crippen molar-refractivity contribution < 1.29 is 0 Å². The van der Waals surface area contributed by atoms with Crippen LogP contribution in [-0.4, -0.2) is 29.6 Å². The number of hydrogen-bond acceptors (Lipinski definition) is 5. The summed E-state index contributed by atoms with van der Waals surface area (Å²) >= 11 is 6.09. The maximum atomic E-state index is 13.6. The van der Waals surface area contributed by atoms with Gasteiger partial charge in [-0.1, -0.05) is 49.1 Å². The van der Waals surface area contributed by atoms with E-state index in [4.69, 9.17) is 11.6 Å². The first-order valence-electron chi connectivity index (χ1n) is 11.2. The van der Waals surface area contributed by atoms with Crippen LogP contribution in [0.3, 0.4) is 0 Å². The summed E-state index contributed by atoms with van der Waals surface area (Å²) in [6, 6.07) is 17.1. The van der Waals surface area contributed by atoms with Crippen molar-refractivity contribution in [3.63, 3.8) is 0 Å². The molecule has 8 nitrogen and oxygen atoms in total. The summed E-state index contributed by atoms with van der Waals surface area (Å²) < 4.78 is 5.33. The lowest BCUT2D eigenvalue weighted by Crippen LogP contribution is -2.41. The zero-order valence-electron chi connectivity index (χ0n) is 18.7. The van der Waals surface area contributed by atoms with Gasteiger partial charge in [0.15, 0.2) is 5.82 Å². The van der Waals surface area contributed by atoms with Gasteiger partial charge in [0.1, 0.15) is 5.69 Å². The van der Waals surface area contributed by atoms with Gasteiger partial charge in [0.05, 0.1) is 22.6 Å². The van der Waals surface area contributed by atoms with Gasteiger partial charge in [-0.15, -0.1) is 5.10 Å². The Morgan fingerprint density at radius 3 is 2.36 bits per heavy atom. The molecule has 0 saturated heterocycles. The Kier molecular flexibility index (Phi) is 5.54. The van der Waals surface area contributed by atoms with E-state index in [-0.39, 0.29) is 5.56 Å². The molecule has 4 aromatic rings. The summed E-state index contributed by atoms with van der Waals surface area (Å²) in [6.45, 7) is 1.96. The van der Waals surface area contributed by atoms with Crippen molar-refractivity contribution in [2.24, 2.45) is 7.05 Å². The topological polar surface area (TPSA) is 82.6 Å². The molecule has 2 aromatic heterocycles. The fourth-order valence-corrected chi connectivity index (χ4v) is 4.88. The van der Waals surface area contributed by atoms with Crippen LogP contribution in [0.25, 0.3) is 11.4 Å². The van der Waals surface area contributed by atoms with Gasteiger partial charge in [-0.05, 0) is 66.6 Å². The van der Waals surface area contributed by atoms with Crippen molar-refractivity contribution in [3.8, 4) is 11.4 Å². The number of anilines is 1. The van der Waals surface area contributed by atoms with Crippen LogP contribution < -0.4 is 10.9 Å². The number of para-hydroxylation sites is 1. The highest BCUT2D eigenvalue weighted by Gasteiger charge is 2.40. The Morgan fingerprint density at radius 2 is 1.67 bits per heavy atom. The molecule has 170 valence electrons. The van der Waals surface area contributed by atoms with Gasteiger partial charge in [-0.3, -0.25) is 9.48 Å². The summed E-state index contributed by atoms with van der Waals surface area (Å²) in [6.07, 6.45) is 4.87. The molecular weight excluding hydrogens is 438 g/mol. The van der Waals surface area contributed by atoms with E-state index in [1.165, 1.54) is 0 Å². The minimum atomic E-state index is -0.554. The molecule has 0 spiro atoms. The first-order chi connectivity index (χ1) is 16.0. The molecule has 0 unspecified atom stereocenters. The van der Waals surface area contributed by atoms with Crippen LogP contribution in [0, 0.1) is 6.92 Å². The normalized spacial score (nSPS) is 15.5. The fraction of sp³-hybridized carbons (Fsp3) is 0.333. The van der Waals surface area contributed by atoms with E-state index in [0.29, 0.717) is 16.5 Å². The van der Waals surface area contributed by atoms with Crippen LogP contribution in [0.15, 0.2) is 59.4 Å². The average Bonchev–Trinajstić information content (AvgIpc) is 3.41. The third-order valence-corrected chi connectivity index (χ3v) is 6.85. The highest BCUT2D eigenvalue weighted by molar-refractivity contribution is 6.30. The number of halogens is 1. The summed E-state index contributed by atoms with van der Waals surface area (Å²) in [5.41, 5.74) is 2.45. The molecule has 5 rings (SSSR count). The van der Waals surface area contributed by atoms with Gasteiger partial charge >= 0.3 is 0 Å². The number of benzene rings is 2. The van der Waals surface area contributed by atoms with E-state index in [1.54, 1.807) is 9.36 Å². The molecule has 33 heavy (non-hydrogen) atoms. The smallest absolute Gasteiger partial charge is 0.295 e. The maximum absolute atomic E-state index is 13.6. The van der Waals surface area contributed by atoms with Crippen molar-refractivity contribution in [1.82, 2.24) is 29.6 Å². The Bertz CT molecular complexity index is 1320. The third kappa shape index (κ3) is 3.74. The predicted molar refractivity (Wildman–Crippen MR) is 128 cm³/mol. The number of aromatic nitrogens is 6. The largest absolute Gasteiger partial charge is 0.367 e. The van der Waals surface area contributed by atoms with Gasteiger partial charge in [-0.25, -0.2) is 4.68 Å². The zero-order valence-corrected chi connectivity index (χ0v) is 19.5. The molecule has 2 aromatic carbocycles. The number of rotatable bonds is 5. The number of hydrogen-bond donors (Lipinski definition) is 1. The third-order valence-electron chi connectivity index (χ3n) is 6.59. The van der Waals surface area contributed by atoms with Gasteiger partial charge in [0, 0.05) is 12.1 Å². The lowest BCUT2D eigenvalue weighted by Gasteiger charge is -2.37. The van der Waals surface area contributed by atoms with E-state index >= 15 is 0 Å². The summed E-state index contributed by atoms with van der Waals surface area (Å²) in [4.78, 5) is 13.6. The Labute approximate surface area is 196 Å². The van der Waals surface area contributed by atoms with Gasteiger partial charge < -0.3 is 5.32 Å². The summed E-state index contributed by atoms with van der Waals surface area (Å²) in [5, 5.41) is 17.0. The molecule has 0 amide bonds. The standard InChI is InChI=1S/C24H26ClN7O/c1-17-21(22(33)32(30(17)2)20-9-5-3-6-10-20)26-24(15-7-4-8-16-24)23-27-28-29-31(23)19-13-11-18(25)12-14-19/h3,5-6,9-14,26H,4,7-8,15-16H2,1-2H3. The highest BCUT2D eigenvalue weighted by Crippen LogP contribution is 2.39. The molecule has 1 fully saturated rings. The lowest BCUT2D eigenvalue weighted by atomic mass is 9.80. The molecule has 0 radical (unpaired) electrons. The lowest BCUT2D eigenvalue weighted by molar-refractivity contribution is 0.309. The van der Waals surface area contributed by atoms with Crippen LogP contribution in [-0.2, 0) is 12.6 Å². The SMILES string of the molecule is Cc1c(NC2(c3nnnn3-c3ccc(Cl)cc3)CCCCC2)c(=O)n(-c2ccccc2)n1C. The van der Waals surface area contributed by atoms with Crippen LogP contribution in [0.4, 0.5) is 5.69 Å². The second-order valence-corrected chi connectivity index (χ2v) is 9.03. The molecule has 1 aliphatic rings. The summed E-state index contributed by atoms with van der Waals surface area (Å²) in [5.74, 6) is 0.707. The molecule has 1 aliphatic carbocycles. The van der Waals surface area contributed by atoms with Crippen molar-refractivity contribution in [1.29, 1.82) is 0 Å². The minimum Gasteiger partial charge on any atom is -0.367 e. The Hall–Kier alpha value is -3.39. The van der Waals surface area contributed by atoms with E-state index in [1.807, 2.05) is 73.3 Å². The maximum Gasteiger partial charge on any atom is 0.295 e. The highest BCUT2D eigenvalue weighted by atomic mass is 35.5. The van der Waals surface area contributed by atoms with Crippen LogP contribution in [0.2, 0.25) is 5.02 Å². The average molecular weight is 464 g/mol. The van der Waals surface area contributed by atoms with Gasteiger partial charge in [0.2, 0.25) is 0 Å². The number of tetrazole rings is 1. The minimum absolute atomic E-state index is 0.0864. The molecule has 1 saturated carbocycles. The second kappa shape index (κ2) is 8.51. The van der Waals surface area contributed by atoms with Crippen LogP contribution in [0.1, 0.15) is 43.6 Å². The molecular formula is C24H26ClN7O. The predicted octanol–water partition coefficient (Wildman–Crippen LogP) is 4.39. The van der Waals surface area contributed by atoms with Gasteiger partial charge in [0.25, 0.3) is 5.56 Å². The number of nitrogens with zero attached hydrogens (tertiary/aromatic N) is 6. The fourth-order valence-electron chi connectivity index (χ4n) is 4.75. The second-order valence-electron chi connectivity index (χ2n) is 8.60. The molecule has 1 N–H and O–H groups in total.